The maximum Gasteiger partial charge on any atom is 0.253 e. The van der Waals surface area contributed by atoms with E-state index in [1.54, 1.807) is 12.1 Å². The highest BCUT2D eigenvalue weighted by Gasteiger charge is 2.21. The Hall–Kier alpha value is -2.86. The van der Waals surface area contributed by atoms with Crippen molar-refractivity contribution in [3.63, 3.8) is 0 Å². The summed E-state index contributed by atoms with van der Waals surface area (Å²) in [6.07, 6.45) is 8.17. The first-order chi connectivity index (χ1) is 16.1. The number of carbonyl (C=O) groups excluding carboxylic acids is 2. The van der Waals surface area contributed by atoms with Gasteiger partial charge in [-0.2, -0.15) is 0 Å². The van der Waals surface area contributed by atoms with Crippen molar-refractivity contribution in [2.24, 2.45) is 0 Å². The molecular formula is C27H36N4O2. The quantitative estimate of drug-likeness (QED) is 0.628. The topological polar surface area (TPSA) is 64.7 Å². The Kier molecular flexibility index (Phi) is 8.00. The predicted molar refractivity (Wildman–Crippen MR) is 134 cm³/mol. The summed E-state index contributed by atoms with van der Waals surface area (Å²) in [6.45, 7) is 3.15. The van der Waals surface area contributed by atoms with Gasteiger partial charge >= 0.3 is 0 Å². The average Bonchev–Trinajstić information content (AvgIpc) is 3.33. The van der Waals surface area contributed by atoms with Crippen molar-refractivity contribution in [2.45, 2.75) is 57.5 Å². The number of amides is 2. The molecule has 0 atom stereocenters. The van der Waals surface area contributed by atoms with E-state index in [0.29, 0.717) is 17.8 Å². The predicted octanol–water partition coefficient (Wildman–Crippen LogP) is 4.42. The van der Waals surface area contributed by atoms with Crippen LogP contribution in [0, 0.1) is 0 Å². The highest BCUT2D eigenvalue weighted by molar-refractivity contribution is 6.04. The van der Waals surface area contributed by atoms with Gasteiger partial charge in [-0.15, -0.1) is 0 Å². The first-order valence-electron chi connectivity index (χ1n) is 12.3. The molecule has 2 aliphatic rings. The van der Waals surface area contributed by atoms with Gasteiger partial charge in [0.15, 0.2) is 0 Å². The fraction of sp³-hybridized carbons (Fsp3) is 0.481. The number of nitrogens with zero attached hydrogens (tertiary/aromatic N) is 2. The van der Waals surface area contributed by atoms with Crippen molar-refractivity contribution in [2.75, 3.05) is 36.9 Å². The number of anilines is 2. The highest BCUT2D eigenvalue weighted by atomic mass is 16.2. The smallest absolute Gasteiger partial charge is 0.253 e. The van der Waals surface area contributed by atoms with E-state index in [-0.39, 0.29) is 24.4 Å². The number of hydrogen-bond donors (Lipinski definition) is 2. The summed E-state index contributed by atoms with van der Waals surface area (Å²) in [6, 6.07) is 16.0. The van der Waals surface area contributed by atoms with Crippen LogP contribution in [-0.2, 0) is 11.3 Å². The van der Waals surface area contributed by atoms with Crippen molar-refractivity contribution in [1.29, 1.82) is 0 Å². The normalized spacial score (nSPS) is 16.7. The molecule has 1 saturated carbocycles. The third-order valence-corrected chi connectivity index (χ3v) is 6.68. The fourth-order valence-electron chi connectivity index (χ4n) is 4.99. The average molecular weight is 449 g/mol. The molecular weight excluding hydrogens is 412 g/mol. The van der Waals surface area contributed by atoms with Crippen molar-refractivity contribution >= 4 is 23.2 Å². The lowest BCUT2D eigenvalue weighted by molar-refractivity contribution is -0.117. The molecule has 1 saturated heterocycles. The van der Waals surface area contributed by atoms with Gasteiger partial charge in [0.05, 0.1) is 17.8 Å². The number of hydrogen-bond acceptors (Lipinski definition) is 4. The van der Waals surface area contributed by atoms with Crippen LogP contribution < -0.4 is 15.5 Å². The zero-order chi connectivity index (χ0) is 23.0. The third-order valence-electron chi connectivity index (χ3n) is 6.68. The molecule has 0 spiro atoms. The Bertz CT molecular complexity index is 949. The van der Waals surface area contributed by atoms with Crippen LogP contribution in [0.25, 0.3) is 0 Å². The number of rotatable bonds is 8. The van der Waals surface area contributed by atoms with Crippen LogP contribution in [0.3, 0.4) is 0 Å². The molecule has 1 aliphatic carbocycles. The molecule has 2 N–H and O–H groups in total. The van der Waals surface area contributed by atoms with E-state index in [0.717, 1.165) is 38.8 Å². The second kappa shape index (κ2) is 11.3. The van der Waals surface area contributed by atoms with Crippen LogP contribution >= 0.6 is 0 Å². The molecule has 2 aromatic carbocycles. The largest absolute Gasteiger partial charge is 0.371 e. The van der Waals surface area contributed by atoms with E-state index >= 15 is 0 Å². The molecule has 2 aromatic rings. The van der Waals surface area contributed by atoms with Crippen LogP contribution in [0.4, 0.5) is 11.4 Å². The van der Waals surface area contributed by atoms with Crippen molar-refractivity contribution in [1.82, 2.24) is 10.2 Å². The van der Waals surface area contributed by atoms with E-state index < -0.39 is 0 Å². The summed E-state index contributed by atoms with van der Waals surface area (Å²) in [5.41, 5.74) is 3.61. The molecule has 6 heteroatoms. The molecule has 0 bridgehead atoms. The van der Waals surface area contributed by atoms with Gasteiger partial charge in [-0.1, -0.05) is 43.2 Å². The Morgan fingerprint density at radius 2 is 1.64 bits per heavy atom. The molecule has 0 aromatic heterocycles. The second-order valence-electron chi connectivity index (χ2n) is 9.40. The van der Waals surface area contributed by atoms with E-state index in [2.05, 4.69) is 39.8 Å². The Labute approximate surface area is 197 Å². The summed E-state index contributed by atoms with van der Waals surface area (Å²) in [5, 5.41) is 6.07. The molecule has 4 rings (SSSR count). The van der Waals surface area contributed by atoms with Gasteiger partial charge in [0.1, 0.15) is 0 Å². The molecule has 2 amide bonds. The maximum absolute atomic E-state index is 12.8. The van der Waals surface area contributed by atoms with Crippen LogP contribution in [0.5, 0.6) is 0 Å². The van der Waals surface area contributed by atoms with E-state index in [9.17, 15) is 9.59 Å². The van der Waals surface area contributed by atoms with E-state index in [1.165, 1.54) is 30.5 Å². The van der Waals surface area contributed by atoms with Crippen molar-refractivity contribution < 1.29 is 9.59 Å². The number of carbonyl (C=O) groups is 2. The molecule has 1 aliphatic heterocycles. The summed E-state index contributed by atoms with van der Waals surface area (Å²) in [5.74, 6) is -0.226. The van der Waals surface area contributed by atoms with E-state index in [1.807, 2.05) is 24.1 Å². The first kappa shape index (κ1) is 23.3. The Morgan fingerprint density at radius 1 is 0.939 bits per heavy atom. The lowest BCUT2D eigenvalue weighted by Crippen LogP contribution is -2.34. The number of para-hydroxylation sites is 2. The lowest BCUT2D eigenvalue weighted by Gasteiger charge is -2.31. The minimum absolute atomic E-state index is 0.110. The zero-order valence-electron chi connectivity index (χ0n) is 19.7. The van der Waals surface area contributed by atoms with Gasteiger partial charge in [0.2, 0.25) is 5.91 Å². The number of nitrogens with one attached hydrogen (secondary N) is 2. The van der Waals surface area contributed by atoms with Crippen LogP contribution in [-0.4, -0.2) is 49.4 Å². The zero-order valence-corrected chi connectivity index (χ0v) is 19.7. The summed E-state index contributed by atoms with van der Waals surface area (Å²) in [7, 11) is 1.96. The van der Waals surface area contributed by atoms with Crippen molar-refractivity contribution in [3.8, 4) is 0 Å². The molecule has 6 nitrogen and oxygen atoms in total. The molecule has 33 heavy (non-hydrogen) atoms. The molecule has 176 valence electrons. The monoisotopic (exact) mass is 448 g/mol. The minimum atomic E-state index is -0.117. The second-order valence-corrected chi connectivity index (χ2v) is 9.40. The van der Waals surface area contributed by atoms with Gasteiger partial charge in [-0.05, 0) is 62.9 Å². The summed E-state index contributed by atoms with van der Waals surface area (Å²) >= 11 is 0. The number of piperidine rings is 1. The third kappa shape index (κ3) is 6.35. The molecule has 2 fully saturated rings. The fourth-order valence-corrected chi connectivity index (χ4v) is 4.99. The summed E-state index contributed by atoms with van der Waals surface area (Å²) in [4.78, 5) is 30.1. The van der Waals surface area contributed by atoms with Gasteiger partial charge in [-0.25, -0.2) is 0 Å². The summed E-state index contributed by atoms with van der Waals surface area (Å²) < 4.78 is 0. The Balaban J connectivity index is 1.35. The van der Waals surface area contributed by atoms with Gasteiger partial charge in [0.25, 0.3) is 5.91 Å². The Morgan fingerprint density at radius 3 is 2.42 bits per heavy atom. The maximum atomic E-state index is 12.8. The van der Waals surface area contributed by atoms with E-state index in [4.69, 9.17) is 0 Å². The van der Waals surface area contributed by atoms with Crippen LogP contribution in [0.15, 0.2) is 48.5 Å². The van der Waals surface area contributed by atoms with Gasteiger partial charge in [-0.3, -0.25) is 14.5 Å². The lowest BCUT2D eigenvalue weighted by atomic mass is 10.1. The minimum Gasteiger partial charge on any atom is -0.371 e. The number of likely N-dealkylation sites (N-methyl/N-ethyl adjacent to an activating group) is 1. The highest BCUT2D eigenvalue weighted by Crippen LogP contribution is 2.25. The molecule has 1 heterocycles. The van der Waals surface area contributed by atoms with Crippen molar-refractivity contribution in [3.05, 3.63) is 59.7 Å². The molecule has 0 radical (unpaired) electrons. The molecule has 0 unspecified atom stereocenters. The van der Waals surface area contributed by atoms with Crippen LogP contribution in [0.2, 0.25) is 0 Å². The first-order valence-corrected chi connectivity index (χ1v) is 12.3. The SMILES string of the molecule is CN(CC(=O)Nc1ccccc1C(=O)NC1CCCC1)Cc1ccccc1N1CCCCC1. The van der Waals surface area contributed by atoms with Crippen LogP contribution in [0.1, 0.15) is 60.9 Å². The standard InChI is InChI=1S/C27H36N4O2/c1-30(19-21-11-3-8-16-25(21)31-17-9-2-10-18-31)20-26(32)29-24-15-7-6-14-23(24)27(33)28-22-12-4-5-13-22/h3,6-8,11,14-16,22H,2,4-5,9-10,12-13,17-20H2,1H3,(H,28,33)(H,29,32). The van der Waals surface area contributed by atoms with Gasteiger partial charge in [0, 0.05) is 31.4 Å². The van der Waals surface area contributed by atoms with Gasteiger partial charge < -0.3 is 15.5 Å². The number of benzene rings is 2.